The summed E-state index contributed by atoms with van der Waals surface area (Å²) in [5.74, 6) is -0.225. The second-order valence-corrected chi connectivity index (χ2v) is 3.63. The van der Waals surface area contributed by atoms with Crippen LogP contribution in [0.25, 0.3) is 0 Å². The second-order valence-electron chi connectivity index (χ2n) is 2.77. The van der Waals surface area contributed by atoms with Crippen molar-refractivity contribution in [1.82, 2.24) is 10.3 Å². The number of hydrogen-bond acceptors (Lipinski definition) is 5. The van der Waals surface area contributed by atoms with Gasteiger partial charge in [0.2, 0.25) is 0 Å². The first kappa shape index (κ1) is 9.01. The van der Waals surface area contributed by atoms with Crippen LogP contribution in [-0.4, -0.2) is 17.6 Å². The van der Waals surface area contributed by atoms with Crippen LogP contribution in [0, 0.1) is 6.92 Å². The fraction of sp³-hybridized carbons (Fsp3) is 0.250. The van der Waals surface area contributed by atoms with Gasteiger partial charge in [-0.25, -0.2) is 4.98 Å². The van der Waals surface area contributed by atoms with Crippen molar-refractivity contribution >= 4 is 22.4 Å². The Kier molecular flexibility index (Phi) is 2.36. The van der Waals surface area contributed by atoms with Crippen molar-refractivity contribution in [3.05, 3.63) is 23.0 Å². The molecule has 0 radical (unpaired) electrons. The van der Waals surface area contributed by atoms with Gasteiger partial charge in [0.05, 0.1) is 5.69 Å². The molecule has 0 atom stereocenters. The quantitative estimate of drug-likeness (QED) is 0.759. The van der Waals surface area contributed by atoms with Crippen molar-refractivity contribution in [2.75, 3.05) is 12.0 Å². The topological polar surface area (TPSA) is 63.2 Å². The first-order valence-corrected chi connectivity index (χ1v) is 4.93. The van der Waals surface area contributed by atoms with E-state index in [0.717, 1.165) is 5.69 Å². The van der Waals surface area contributed by atoms with Crippen LogP contribution in [0.4, 0.5) is 5.13 Å². The molecule has 5 nitrogen and oxygen atoms in total. The number of carbonyl (C=O) groups excluding carboxylic acids is 1. The number of amides is 1. The standard InChI is InChI=1S/C8H9N3O2S/c1-5-3-14-8(10-5)11-7(12)6-2-13-4-9-6/h2-3,9H,4H2,1H3,(H,10,11,12). The van der Waals surface area contributed by atoms with Crippen LogP contribution in [-0.2, 0) is 9.53 Å². The highest BCUT2D eigenvalue weighted by atomic mass is 32.1. The van der Waals surface area contributed by atoms with Crippen molar-refractivity contribution in [2.24, 2.45) is 0 Å². The Morgan fingerprint density at radius 2 is 2.64 bits per heavy atom. The molecule has 1 amide bonds. The predicted octanol–water partition coefficient (Wildman–Crippen LogP) is 0.809. The largest absolute Gasteiger partial charge is 0.479 e. The third-order valence-electron chi connectivity index (χ3n) is 1.63. The molecule has 0 bridgehead atoms. The highest BCUT2D eigenvalue weighted by molar-refractivity contribution is 7.13. The van der Waals surface area contributed by atoms with Gasteiger partial charge in [0.1, 0.15) is 12.0 Å². The molecule has 1 aromatic rings. The van der Waals surface area contributed by atoms with E-state index >= 15 is 0 Å². The summed E-state index contributed by atoms with van der Waals surface area (Å²) in [5, 5.41) is 7.93. The average Bonchev–Trinajstić information content (AvgIpc) is 2.75. The van der Waals surface area contributed by atoms with Gasteiger partial charge in [-0.1, -0.05) is 0 Å². The highest BCUT2D eigenvalue weighted by Gasteiger charge is 2.14. The number of anilines is 1. The van der Waals surface area contributed by atoms with Crippen LogP contribution in [0.3, 0.4) is 0 Å². The van der Waals surface area contributed by atoms with Crippen LogP contribution < -0.4 is 10.6 Å². The van der Waals surface area contributed by atoms with E-state index < -0.39 is 0 Å². The molecule has 2 N–H and O–H groups in total. The number of rotatable bonds is 2. The summed E-state index contributed by atoms with van der Waals surface area (Å²) in [6.45, 7) is 2.22. The summed E-state index contributed by atoms with van der Waals surface area (Å²) in [6.07, 6.45) is 1.40. The first-order chi connectivity index (χ1) is 6.75. The lowest BCUT2D eigenvalue weighted by molar-refractivity contribution is -0.113. The van der Waals surface area contributed by atoms with Crippen LogP contribution in [0.2, 0.25) is 0 Å². The Morgan fingerprint density at radius 3 is 3.21 bits per heavy atom. The SMILES string of the molecule is Cc1csc(NC(=O)C2=COCN2)n1. The number of aryl methyl sites for hydroxylation is 1. The Morgan fingerprint density at radius 1 is 1.79 bits per heavy atom. The molecule has 1 aliphatic rings. The molecule has 74 valence electrons. The number of thiazole rings is 1. The van der Waals surface area contributed by atoms with Crippen molar-refractivity contribution in [3.63, 3.8) is 0 Å². The van der Waals surface area contributed by atoms with Crippen LogP contribution in [0.1, 0.15) is 5.69 Å². The van der Waals surface area contributed by atoms with E-state index in [0.29, 0.717) is 17.6 Å². The van der Waals surface area contributed by atoms with Gasteiger partial charge in [-0.15, -0.1) is 11.3 Å². The number of ether oxygens (including phenoxy) is 1. The van der Waals surface area contributed by atoms with Gasteiger partial charge < -0.3 is 10.1 Å². The van der Waals surface area contributed by atoms with Gasteiger partial charge in [-0.05, 0) is 6.92 Å². The third-order valence-corrected chi connectivity index (χ3v) is 2.51. The van der Waals surface area contributed by atoms with Gasteiger partial charge >= 0.3 is 0 Å². The average molecular weight is 211 g/mol. The van der Waals surface area contributed by atoms with E-state index in [2.05, 4.69) is 15.6 Å². The molecule has 0 aromatic carbocycles. The number of nitrogens with one attached hydrogen (secondary N) is 2. The van der Waals surface area contributed by atoms with Crippen molar-refractivity contribution in [1.29, 1.82) is 0 Å². The monoisotopic (exact) mass is 211 g/mol. The Bertz CT molecular complexity index is 386. The smallest absolute Gasteiger partial charge is 0.276 e. The summed E-state index contributed by atoms with van der Waals surface area (Å²) in [5.41, 5.74) is 1.33. The highest BCUT2D eigenvalue weighted by Crippen LogP contribution is 2.15. The minimum atomic E-state index is -0.225. The Hall–Kier alpha value is -1.56. The summed E-state index contributed by atoms with van der Waals surface area (Å²) in [7, 11) is 0. The van der Waals surface area contributed by atoms with E-state index in [1.165, 1.54) is 17.6 Å². The van der Waals surface area contributed by atoms with Gasteiger partial charge in [0, 0.05) is 5.38 Å². The predicted molar refractivity (Wildman–Crippen MR) is 52.7 cm³/mol. The molecule has 1 aromatic heterocycles. The molecule has 0 saturated heterocycles. The Labute approximate surface area is 84.8 Å². The summed E-state index contributed by atoms with van der Waals surface area (Å²) >= 11 is 1.40. The molecule has 0 unspecified atom stereocenters. The fourth-order valence-electron chi connectivity index (χ4n) is 0.996. The van der Waals surface area contributed by atoms with E-state index in [4.69, 9.17) is 4.74 Å². The van der Waals surface area contributed by atoms with Gasteiger partial charge in [-0.3, -0.25) is 10.1 Å². The maximum atomic E-state index is 11.5. The lowest BCUT2D eigenvalue weighted by Crippen LogP contribution is -2.22. The molecule has 0 aliphatic carbocycles. The molecule has 14 heavy (non-hydrogen) atoms. The zero-order valence-corrected chi connectivity index (χ0v) is 8.35. The molecular formula is C8H9N3O2S. The second kappa shape index (κ2) is 3.67. The third kappa shape index (κ3) is 1.85. The molecule has 2 heterocycles. The van der Waals surface area contributed by atoms with Crippen molar-refractivity contribution < 1.29 is 9.53 Å². The number of hydrogen-bond donors (Lipinski definition) is 2. The fourth-order valence-corrected chi connectivity index (χ4v) is 1.68. The molecule has 0 fully saturated rings. The lowest BCUT2D eigenvalue weighted by Gasteiger charge is -2.00. The van der Waals surface area contributed by atoms with Crippen LogP contribution >= 0.6 is 11.3 Å². The summed E-state index contributed by atoms with van der Waals surface area (Å²) in [4.78, 5) is 15.6. The van der Waals surface area contributed by atoms with E-state index in [-0.39, 0.29) is 5.91 Å². The molecule has 6 heteroatoms. The summed E-state index contributed by atoms with van der Waals surface area (Å²) in [6, 6.07) is 0. The number of nitrogens with zero attached hydrogens (tertiary/aromatic N) is 1. The molecule has 2 rings (SSSR count). The van der Waals surface area contributed by atoms with E-state index in [1.807, 2.05) is 12.3 Å². The minimum Gasteiger partial charge on any atom is -0.479 e. The van der Waals surface area contributed by atoms with Crippen LogP contribution in [0.15, 0.2) is 17.3 Å². The van der Waals surface area contributed by atoms with E-state index in [1.54, 1.807) is 0 Å². The number of carbonyl (C=O) groups is 1. The number of aromatic nitrogens is 1. The van der Waals surface area contributed by atoms with E-state index in [9.17, 15) is 4.79 Å². The molecule has 0 saturated carbocycles. The zero-order chi connectivity index (χ0) is 9.97. The van der Waals surface area contributed by atoms with Gasteiger partial charge in [-0.2, -0.15) is 0 Å². The summed E-state index contributed by atoms with van der Waals surface area (Å²) < 4.78 is 4.87. The van der Waals surface area contributed by atoms with Gasteiger partial charge in [0.25, 0.3) is 5.91 Å². The normalized spacial score (nSPS) is 14.2. The zero-order valence-electron chi connectivity index (χ0n) is 7.53. The minimum absolute atomic E-state index is 0.225. The molecule has 0 spiro atoms. The maximum absolute atomic E-state index is 11.5. The van der Waals surface area contributed by atoms with Crippen molar-refractivity contribution in [2.45, 2.75) is 6.92 Å². The molecular weight excluding hydrogens is 202 g/mol. The maximum Gasteiger partial charge on any atom is 0.276 e. The van der Waals surface area contributed by atoms with Crippen LogP contribution in [0.5, 0.6) is 0 Å². The first-order valence-electron chi connectivity index (χ1n) is 4.05. The lowest BCUT2D eigenvalue weighted by atomic mass is 10.4. The van der Waals surface area contributed by atoms with Gasteiger partial charge in [0.15, 0.2) is 11.9 Å². The Balaban J connectivity index is 2.01. The van der Waals surface area contributed by atoms with Crippen molar-refractivity contribution in [3.8, 4) is 0 Å². The molecule has 1 aliphatic heterocycles.